The Balaban J connectivity index is 2.18. The van der Waals surface area contributed by atoms with E-state index >= 15 is 0 Å². The SMILES string of the molecule is COP(=O)(OC)C(NCc1ccccc1)c1ccco1. The van der Waals surface area contributed by atoms with Gasteiger partial charge in [0.2, 0.25) is 0 Å². The molecule has 2 rings (SSSR count). The molecule has 5 nitrogen and oxygen atoms in total. The van der Waals surface area contributed by atoms with E-state index < -0.39 is 13.4 Å². The third-order valence-corrected chi connectivity index (χ3v) is 5.07. The molecule has 6 heteroatoms. The second kappa shape index (κ2) is 6.86. The Labute approximate surface area is 118 Å². The molecule has 0 radical (unpaired) electrons. The van der Waals surface area contributed by atoms with E-state index in [0.717, 1.165) is 5.56 Å². The maximum atomic E-state index is 12.6. The summed E-state index contributed by atoms with van der Waals surface area (Å²) < 4.78 is 28.1. The van der Waals surface area contributed by atoms with Gasteiger partial charge in [0, 0.05) is 20.8 Å². The van der Waals surface area contributed by atoms with Crippen molar-refractivity contribution in [2.75, 3.05) is 14.2 Å². The van der Waals surface area contributed by atoms with Crippen LogP contribution in [0.1, 0.15) is 17.1 Å². The molecule has 0 spiro atoms. The van der Waals surface area contributed by atoms with Crippen LogP contribution in [0, 0.1) is 0 Å². The fourth-order valence-electron chi connectivity index (χ4n) is 1.91. The average Bonchev–Trinajstić information content (AvgIpc) is 3.02. The van der Waals surface area contributed by atoms with Crippen molar-refractivity contribution in [1.29, 1.82) is 0 Å². The van der Waals surface area contributed by atoms with Crippen LogP contribution >= 0.6 is 7.60 Å². The van der Waals surface area contributed by atoms with Gasteiger partial charge in [0.15, 0.2) is 5.78 Å². The van der Waals surface area contributed by atoms with Crippen molar-refractivity contribution in [1.82, 2.24) is 5.32 Å². The number of rotatable bonds is 7. The molecular weight excluding hydrogens is 277 g/mol. The molecule has 1 heterocycles. The summed E-state index contributed by atoms with van der Waals surface area (Å²) in [6.07, 6.45) is 1.53. The average molecular weight is 295 g/mol. The third kappa shape index (κ3) is 3.38. The molecule has 0 amide bonds. The maximum absolute atomic E-state index is 12.6. The normalized spacial score (nSPS) is 13.3. The molecule has 0 saturated carbocycles. The van der Waals surface area contributed by atoms with Crippen LogP contribution in [-0.4, -0.2) is 14.2 Å². The van der Waals surface area contributed by atoms with Crippen LogP contribution in [0.4, 0.5) is 0 Å². The summed E-state index contributed by atoms with van der Waals surface area (Å²) in [4.78, 5) is 0. The molecule has 0 saturated heterocycles. The molecule has 1 aromatic carbocycles. The summed E-state index contributed by atoms with van der Waals surface area (Å²) >= 11 is 0. The fraction of sp³-hybridized carbons (Fsp3) is 0.286. The summed E-state index contributed by atoms with van der Waals surface area (Å²) in [5.41, 5.74) is 1.07. The Kier molecular flexibility index (Phi) is 5.15. The molecule has 0 fully saturated rings. The van der Waals surface area contributed by atoms with Crippen LogP contribution < -0.4 is 5.32 Å². The predicted octanol–water partition coefficient (Wildman–Crippen LogP) is 3.55. The number of benzene rings is 1. The molecule has 0 aliphatic heterocycles. The minimum atomic E-state index is -3.32. The molecule has 0 aliphatic rings. The van der Waals surface area contributed by atoms with Crippen molar-refractivity contribution < 1.29 is 18.0 Å². The lowest BCUT2D eigenvalue weighted by atomic mass is 10.2. The first-order valence-corrected chi connectivity index (χ1v) is 7.82. The zero-order valence-corrected chi connectivity index (χ0v) is 12.4. The van der Waals surface area contributed by atoms with Gasteiger partial charge in [0.1, 0.15) is 5.76 Å². The molecule has 1 atom stereocenters. The summed E-state index contributed by atoms with van der Waals surface area (Å²) in [7, 11) is -0.591. The van der Waals surface area contributed by atoms with Gasteiger partial charge in [-0.15, -0.1) is 0 Å². The van der Waals surface area contributed by atoms with Crippen molar-refractivity contribution in [3.8, 4) is 0 Å². The lowest BCUT2D eigenvalue weighted by molar-refractivity contribution is 0.253. The van der Waals surface area contributed by atoms with Gasteiger partial charge in [0.05, 0.1) is 6.26 Å². The van der Waals surface area contributed by atoms with Gasteiger partial charge in [-0.05, 0) is 17.7 Å². The number of furan rings is 1. The van der Waals surface area contributed by atoms with E-state index in [1.165, 1.54) is 20.5 Å². The first-order chi connectivity index (χ1) is 9.69. The minimum absolute atomic E-state index is 0.521. The third-order valence-electron chi connectivity index (χ3n) is 2.98. The van der Waals surface area contributed by atoms with Crippen molar-refractivity contribution in [3.05, 3.63) is 60.1 Å². The van der Waals surface area contributed by atoms with Crippen LogP contribution in [0.15, 0.2) is 53.1 Å². The minimum Gasteiger partial charge on any atom is -0.467 e. The molecule has 1 unspecified atom stereocenters. The van der Waals surface area contributed by atoms with Gasteiger partial charge >= 0.3 is 7.60 Å². The highest BCUT2D eigenvalue weighted by Gasteiger charge is 2.37. The first kappa shape index (κ1) is 15.0. The van der Waals surface area contributed by atoms with E-state index in [4.69, 9.17) is 13.5 Å². The van der Waals surface area contributed by atoms with Crippen LogP contribution in [0.2, 0.25) is 0 Å². The van der Waals surface area contributed by atoms with Gasteiger partial charge in [-0.25, -0.2) is 0 Å². The molecular formula is C14H18NO4P. The zero-order chi connectivity index (χ0) is 14.4. The molecule has 20 heavy (non-hydrogen) atoms. The van der Waals surface area contributed by atoms with Crippen LogP contribution in [0.3, 0.4) is 0 Å². The van der Waals surface area contributed by atoms with Gasteiger partial charge in [-0.1, -0.05) is 30.3 Å². The van der Waals surface area contributed by atoms with E-state index in [1.807, 2.05) is 30.3 Å². The Hall–Kier alpha value is -1.39. The second-order valence-corrected chi connectivity index (χ2v) is 6.52. The smallest absolute Gasteiger partial charge is 0.354 e. The number of hydrogen-bond donors (Lipinski definition) is 1. The van der Waals surface area contributed by atoms with E-state index in [1.54, 1.807) is 12.1 Å². The quantitative estimate of drug-likeness (QED) is 0.791. The Morgan fingerprint density at radius 3 is 2.40 bits per heavy atom. The van der Waals surface area contributed by atoms with Crippen LogP contribution in [0.25, 0.3) is 0 Å². The van der Waals surface area contributed by atoms with Gasteiger partial charge in [-0.2, -0.15) is 0 Å². The summed E-state index contributed by atoms with van der Waals surface area (Å²) in [5, 5.41) is 3.17. The Bertz CT molecular complexity index is 548. The van der Waals surface area contributed by atoms with Crippen LogP contribution in [0.5, 0.6) is 0 Å². The summed E-state index contributed by atoms with van der Waals surface area (Å²) in [6, 6.07) is 13.3. The molecule has 1 N–H and O–H groups in total. The highest BCUT2D eigenvalue weighted by Crippen LogP contribution is 2.58. The second-order valence-electron chi connectivity index (χ2n) is 4.19. The predicted molar refractivity (Wildman–Crippen MR) is 76.4 cm³/mol. The van der Waals surface area contributed by atoms with Gasteiger partial charge in [-0.3, -0.25) is 9.88 Å². The highest BCUT2D eigenvalue weighted by molar-refractivity contribution is 7.54. The van der Waals surface area contributed by atoms with Crippen LogP contribution in [-0.2, 0) is 20.2 Å². The maximum Gasteiger partial charge on any atom is 0.354 e. The fourth-order valence-corrected chi connectivity index (χ4v) is 3.26. The summed E-state index contributed by atoms with van der Waals surface area (Å²) in [5.74, 6) is -0.124. The van der Waals surface area contributed by atoms with Crippen molar-refractivity contribution in [2.45, 2.75) is 12.3 Å². The standard InChI is InChI=1S/C14H18NO4P/c1-17-20(16,18-2)14(13-9-6-10-19-13)15-11-12-7-4-3-5-8-12/h3-10,14-15H,11H2,1-2H3. The van der Waals surface area contributed by atoms with E-state index in [2.05, 4.69) is 5.32 Å². The van der Waals surface area contributed by atoms with Crippen molar-refractivity contribution in [2.24, 2.45) is 0 Å². The lowest BCUT2D eigenvalue weighted by Gasteiger charge is -2.23. The summed E-state index contributed by atoms with van der Waals surface area (Å²) in [6.45, 7) is 0.531. The molecule has 1 aromatic heterocycles. The number of nitrogens with one attached hydrogen (secondary N) is 1. The molecule has 0 aliphatic carbocycles. The first-order valence-electron chi connectivity index (χ1n) is 6.21. The monoisotopic (exact) mass is 295 g/mol. The zero-order valence-electron chi connectivity index (χ0n) is 11.5. The topological polar surface area (TPSA) is 60.7 Å². The molecule has 0 bridgehead atoms. The highest BCUT2D eigenvalue weighted by atomic mass is 31.2. The molecule has 2 aromatic rings. The van der Waals surface area contributed by atoms with Crippen molar-refractivity contribution in [3.63, 3.8) is 0 Å². The van der Waals surface area contributed by atoms with Crippen molar-refractivity contribution >= 4 is 7.60 Å². The Morgan fingerprint density at radius 1 is 1.15 bits per heavy atom. The lowest BCUT2D eigenvalue weighted by Crippen LogP contribution is -2.22. The van der Waals surface area contributed by atoms with E-state index in [-0.39, 0.29) is 0 Å². The van der Waals surface area contributed by atoms with Gasteiger partial charge in [0.25, 0.3) is 0 Å². The molecule has 108 valence electrons. The van der Waals surface area contributed by atoms with E-state index in [0.29, 0.717) is 12.3 Å². The Morgan fingerprint density at radius 2 is 1.85 bits per heavy atom. The van der Waals surface area contributed by atoms with E-state index in [9.17, 15) is 4.57 Å². The number of hydrogen-bond acceptors (Lipinski definition) is 5. The van der Waals surface area contributed by atoms with Gasteiger partial charge < -0.3 is 13.5 Å². The largest absolute Gasteiger partial charge is 0.467 e.